The van der Waals surface area contributed by atoms with Gasteiger partial charge in [-0.05, 0) is 50.3 Å². The molecule has 2 aromatic carbocycles. The van der Waals surface area contributed by atoms with Crippen LogP contribution in [0.3, 0.4) is 0 Å². The molecule has 1 atom stereocenters. The molecule has 1 saturated carbocycles. The van der Waals surface area contributed by atoms with Crippen molar-refractivity contribution in [2.45, 2.75) is 51.6 Å². The zero-order chi connectivity index (χ0) is 27.4. The fourth-order valence-electron chi connectivity index (χ4n) is 4.29. The summed E-state index contributed by atoms with van der Waals surface area (Å²) in [5.74, 6) is -0.787. The van der Waals surface area contributed by atoms with Gasteiger partial charge in [0.25, 0.3) is 5.56 Å². The number of benzene rings is 2. The second-order valence-corrected chi connectivity index (χ2v) is 9.73. The molecule has 4 N–H and O–H groups in total. The number of carbonyl (C=O) groups excluding carboxylic acids is 1. The lowest BCUT2D eigenvalue weighted by Gasteiger charge is -2.20. The first kappa shape index (κ1) is 27.1. The summed E-state index contributed by atoms with van der Waals surface area (Å²) in [6.45, 7) is 4.22. The Balaban J connectivity index is 1.66. The number of carbonyl (C=O) groups is 2. The van der Waals surface area contributed by atoms with Gasteiger partial charge in [-0.15, -0.1) is 0 Å². The summed E-state index contributed by atoms with van der Waals surface area (Å²) in [4.78, 5) is 37.9. The number of nitrogens with one attached hydrogen (secondary N) is 2. The molecule has 4 rings (SSSR count). The molecule has 1 aromatic heterocycles. The van der Waals surface area contributed by atoms with Crippen molar-refractivity contribution in [3.63, 3.8) is 0 Å². The first-order valence-electron chi connectivity index (χ1n) is 12.4. The van der Waals surface area contributed by atoms with Gasteiger partial charge >= 0.3 is 12.0 Å². The van der Waals surface area contributed by atoms with Gasteiger partial charge in [0.05, 0.1) is 25.6 Å². The van der Waals surface area contributed by atoms with Gasteiger partial charge in [0, 0.05) is 22.3 Å². The Labute approximate surface area is 225 Å². The number of anilines is 1. The van der Waals surface area contributed by atoms with E-state index >= 15 is 0 Å². The molecule has 38 heavy (non-hydrogen) atoms. The largest absolute Gasteiger partial charge is 0.505 e. The average Bonchev–Trinajstić information content (AvgIpc) is 3.70. The molecule has 1 heterocycles. The van der Waals surface area contributed by atoms with Crippen LogP contribution >= 0.6 is 11.6 Å². The van der Waals surface area contributed by atoms with Crippen molar-refractivity contribution in [1.82, 2.24) is 9.88 Å². The number of nitrogens with zero attached hydrogens (tertiary/aromatic N) is 1. The van der Waals surface area contributed by atoms with Crippen LogP contribution in [0.1, 0.15) is 60.4 Å². The van der Waals surface area contributed by atoms with Crippen LogP contribution < -0.4 is 20.9 Å². The smallest absolute Gasteiger partial charge is 0.319 e. The minimum Gasteiger partial charge on any atom is -0.505 e. The highest BCUT2D eigenvalue weighted by Crippen LogP contribution is 2.45. The third-order valence-electron chi connectivity index (χ3n) is 6.40. The number of rotatable bonds is 10. The van der Waals surface area contributed by atoms with E-state index in [0.29, 0.717) is 34.1 Å². The molecular weight excluding hydrogens is 510 g/mol. The number of carboxylic acid groups (broad SMARTS) is 1. The second-order valence-electron chi connectivity index (χ2n) is 9.32. The van der Waals surface area contributed by atoms with Crippen molar-refractivity contribution in [2.75, 3.05) is 11.9 Å². The fraction of sp³-hybridized carbons (Fsp3) is 0.321. The molecule has 0 bridgehead atoms. The number of urea groups is 1. The topological polar surface area (TPSA) is 130 Å². The quantitative estimate of drug-likeness (QED) is 0.281. The Bertz CT molecular complexity index is 1400. The molecular formula is C28H30ClN3O6. The number of pyridine rings is 1. The first-order chi connectivity index (χ1) is 18.2. The highest BCUT2D eigenvalue weighted by molar-refractivity contribution is 6.31. The number of aromatic nitrogens is 1. The van der Waals surface area contributed by atoms with Crippen LogP contribution in [-0.2, 0) is 11.3 Å². The number of aryl methyl sites for hydroxylation is 1. The van der Waals surface area contributed by atoms with E-state index in [2.05, 4.69) is 10.6 Å². The number of hydrogen-bond donors (Lipinski definition) is 4. The predicted octanol–water partition coefficient (Wildman–Crippen LogP) is 5.18. The van der Waals surface area contributed by atoms with Crippen molar-refractivity contribution >= 4 is 29.3 Å². The molecule has 9 nitrogen and oxygen atoms in total. The number of amides is 2. The van der Waals surface area contributed by atoms with E-state index in [1.165, 1.54) is 4.57 Å². The maximum Gasteiger partial charge on any atom is 0.319 e. The summed E-state index contributed by atoms with van der Waals surface area (Å²) in [6, 6.07) is 10.7. The fourth-order valence-corrected chi connectivity index (χ4v) is 4.51. The van der Waals surface area contributed by atoms with Crippen LogP contribution in [0.4, 0.5) is 10.5 Å². The van der Waals surface area contributed by atoms with Gasteiger partial charge in [-0.3, -0.25) is 9.59 Å². The lowest BCUT2D eigenvalue weighted by atomic mass is 10.0. The highest BCUT2D eigenvalue weighted by Gasteiger charge is 2.30. The molecule has 3 aromatic rings. The summed E-state index contributed by atoms with van der Waals surface area (Å²) in [5, 5.41) is 25.8. The highest BCUT2D eigenvalue weighted by atomic mass is 35.5. The number of hydrogen-bond acceptors (Lipinski definition) is 5. The van der Waals surface area contributed by atoms with Gasteiger partial charge in [-0.25, -0.2) is 4.79 Å². The molecule has 1 fully saturated rings. The molecule has 0 saturated heterocycles. The summed E-state index contributed by atoms with van der Waals surface area (Å²) in [6.07, 6.45) is 2.93. The summed E-state index contributed by atoms with van der Waals surface area (Å²) in [5.41, 5.74) is 1.82. The number of aliphatic carboxylic acids is 1. The summed E-state index contributed by atoms with van der Waals surface area (Å²) < 4.78 is 7.08. The Morgan fingerprint density at radius 2 is 1.89 bits per heavy atom. The number of carboxylic acids is 1. The number of aromatic hydroxyl groups is 1. The van der Waals surface area contributed by atoms with E-state index in [9.17, 15) is 24.6 Å². The van der Waals surface area contributed by atoms with E-state index in [1.807, 2.05) is 26.0 Å². The van der Waals surface area contributed by atoms with Gasteiger partial charge in [0.15, 0.2) is 5.69 Å². The number of halogens is 1. The molecule has 0 spiro atoms. The van der Waals surface area contributed by atoms with Crippen LogP contribution in [0, 0.1) is 6.92 Å². The van der Waals surface area contributed by atoms with Crippen molar-refractivity contribution < 1.29 is 24.5 Å². The Hall–Kier alpha value is -3.98. The van der Waals surface area contributed by atoms with Crippen molar-refractivity contribution in [2.24, 2.45) is 0 Å². The SMILES string of the molecule is CCOc1cccc(Cl)c1Cn1cc(C2CC2)c(O)c(NC(=O)N[C@@H](CC(=O)O)c2ccc(C)cc2)c1=O. The number of ether oxygens (including phenoxy) is 1. The van der Waals surface area contributed by atoms with Gasteiger partial charge in [0.1, 0.15) is 11.5 Å². The van der Waals surface area contributed by atoms with Crippen molar-refractivity contribution in [1.29, 1.82) is 0 Å². The van der Waals surface area contributed by atoms with E-state index < -0.39 is 23.6 Å². The van der Waals surface area contributed by atoms with Crippen LogP contribution in [-0.4, -0.2) is 33.4 Å². The monoisotopic (exact) mass is 539 g/mol. The second kappa shape index (κ2) is 11.6. The normalized spacial score (nSPS) is 13.6. The van der Waals surface area contributed by atoms with Crippen molar-refractivity contribution in [3.8, 4) is 11.5 Å². The average molecular weight is 540 g/mol. The molecule has 10 heteroatoms. The maximum atomic E-state index is 13.5. The predicted molar refractivity (Wildman–Crippen MR) is 144 cm³/mol. The van der Waals surface area contributed by atoms with Crippen LogP contribution in [0.25, 0.3) is 0 Å². The third kappa shape index (κ3) is 6.28. The molecule has 200 valence electrons. The minimum atomic E-state index is -1.10. The lowest BCUT2D eigenvalue weighted by Crippen LogP contribution is -2.36. The van der Waals surface area contributed by atoms with E-state index in [-0.39, 0.29) is 30.3 Å². The molecule has 2 amide bonds. The standard InChI is InChI=1S/C28H30ClN3O6/c1-3-38-23-6-4-5-21(29)20(23)15-32-14-19(17-11-12-17)26(35)25(27(32)36)31-28(37)30-22(13-24(33)34)18-9-7-16(2)8-10-18/h4-10,14,17,22,35H,3,11-13,15H2,1-2H3,(H,33,34)(H2,30,31,37)/t22-/m0/s1. The van der Waals surface area contributed by atoms with E-state index in [1.54, 1.807) is 36.5 Å². The van der Waals surface area contributed by atoms with Gasteiger partial charge < -0.3 is 30.2 Å². The van der Waals surface area contributed by atoms with Crippen LogP contribution in [0.5, 0.6) is 11.5 Å². The van der Waals surface area contributed by atoms with Gasteiger partial charge in [0.2, 0.25) is 0 Å². The zero-order valence-corrected chi connectivity index (χ0v) is 21.9. The minimum absolute atomic E-state index is 0.0646. The van der Waals surface area contributed by atoms with Crippen LogP contribution in [0.15, 0.2) is 53.5 Å². The molecule has 0 unspecified atom stereocenters. The van der Waals surface area contributed by atoms with E-state index in [4.69, 9.17) is 16.3 Å². The lowest BCUT2D eigenvalue weighted by molar-refractivity contribution is -0.137. The summed E-state index contributed by atoms with van der Waals surface area (Å²) in [7, 11) is 0. The summed E-state index contributed by atoms with van der Waals surface area (Å²) >= 11 is 6.43. The zero-order valence-electron chi connectivity index (χ0n) is 21.2. The Kier molecular flexibility index (Phi) is 8.26. The Morgan fingerprint density at radius 1 is 1.18 bits per heavy atom. The van der Waals surface area contributed by atoms with Crippen LogP contribution in [0.2, 0.25) is 5.02 Å². The molecule has 0 radical (unpaired) electrons. The van der Waals surface area contributed by atoms with E-state index in [0.717, 1.165) is 18.4 Å². The van der Waals surface area contributed by atoms with Gasteiger partial charge in [-0.2, -0.15) is 0 Å². The Morgan fingerprint density at radius 3 is 2.53 bits per heavy atom. The first-order valence-corrected chi connectivity index (χ1v) is 12.8. The van der Waals surface area contributed by atoms with Gasteiger partial charge in [-0.1, -0.05) is 47.5 Å². The van der Waals surface area contributed by atoms with Crippen molar-refractivity contribution in [3.05, 3.63) is 86.3 Å². The molecule has 1 aliphatic rings. The molecule has 1 aliphatic carbocycles. The maximum absolute atomic E-state index is 13.5. The molecule has 0 aliphatic heterocycles. The third-order valence-corrected chi connectivity index (χ3v) is 6.76.